The Labute approximate surface area is 125 Å². The van der Waals surface area contributed by atoms with Gasteiger partial charge in [-0.3, -0.25) is 0 Å². The highest BCUT2D eigenvalue weighted by Crippen LogP contribution is 2.25. The van der Waals surface area contributed by atoms with E-state index >= 15 is 0 Å². The number of nitrogens with two attached hydrogens (primary N) is 1. The van der Waals surface area contributed by atoms with Crippen LogP contribution in [0.1, 0.15) is 24.9 Å². The second-order valence-electron chi connectivity index (χ2n) is 4.93. The Hall–Kier alpha value is -1.85. The second kappa shape index (κ2) is 6.28. The number of benzene rings is 2. The number of hydrogen-bond acceptors (Lipinski definition) is 4. The Balaban J connectivity index is 2.19. The van der Waals surface area contributed by atoms with Crippen molar-refractivity contribution in [2.24, 2.45) is 5.73 Å². The molecule has 0 saturated carbocycles. The van der Waals surface area contributed by atoms with E-state index in [2.05, 4.69) is 0 Å². The summed E-state index contributed by atoms with van der Waals surface area (Å²) in [6.45, 7) is 2.03. The van der Waals surface area contributed by atoms with E-state index in [1.165, 1.54) is 12.3 Å². The van der Waals surface area contributed by atoms with E-state index < -0.39 is 9.84 Å². The number of rotatable bonds is 5. The van der Waals surface area contributed by atoms with E-state index in [0.29, 0.717) is 11.5 Å². The van der Waals surface area contributed by atoms with Crippen molar-refractivity contribution in [3.63, 3.8) is 0 Å². The summed E-state index contributed by atoms with van der Waals surface area (Å²) >= 11 is 0. The van der Waals surface area contributed by atoms with Crippen molar-refractivity contribution >= 4 is 9.84 Å². The van der Waals surface area contributed by atoms with Crippen molar-refractivity contribution in [2.75, 3.05) is 6.26 Å². The molecule has 0 aromatic heterocycles. The maximum Gasteiger partial charge on any atom is 0.175 e. The summed E-state index contributed by atoms with van der Waals surface area (Å²) in [6.07, 6.45) is 2.05. The maximum absolute atomic E-state index is 11.5. The van der Waals surface area contributed by atoms with Gasteiger partial charge in [0, 0.05) is 12.3 Å². The minimum atomic E-state index is -3.24. The van der Waals surface area contributed by atoms with Crippen LogP contribution in [0.25, 0.3) is 0 Å². The van der Waals surface area contributed by atoms with Gasteiger partial charge >= 0.3 is 0 Å². The van der Waals surface area contributed by atoms with Gasteiger partial charge in [-0.15, -0.1) is 0 Å². The summed E-state index contributed by atoms with van der Waals surface area (Å²) in [7, 11) is -3.24. The molecule has 2 rings (SSSR count). The van der Waals surface area contributed by atoms with Gasteiger partial charge in [0.05, 0.1) is 4.90 Å². The summed E-state index contributed by atoms with van der Waals surface area (Å²) in [5.41, 5.74) is 7.01. The Morgan fingerprint density at radius 3 is 2.33 bits per heavy atom. The minimum Gasteiger partial charge on any atom is -0.457 e. The van der Waals surface area contributed by atoms with Gasteiger partial charge in [0.2, 0.25) is 0 Å². The fraction of sp³-hybridized carbons (Fsp3) is 0.250. The molecule has 2 aromatic carbocycles. The normalized spacial score (nSPS) is 12.9. The summed E-state index contributed by atoms with van der Waals surface area (Å²) < 4.78 is 28.7. The van der Waals surface area contributed by atoms with Gasteiger partial charge in [0.15, 0.2) is 9.84 Å². The van der Waals surface area contributed by atoms with E-state index in [9.17, 15) is 8.42 Å². The molecule has 0 radical (unpaired) electrons. The molecule has 0 aliphatic carbocycles. The molecule has 4 nitrogen and oxygen atoms in total. The van der Waals surface area contributed by atoms with Crippen LogP contribution in [0.15, 0.2) is 53.4 Å². The van der Waals surface area contributed by atoms with Crippen molar-refractivity contribution in [2.45, 2.75) is 24.3 Å². The second-order valence-corrected chi connectivity index (χ2v) is 6.95. The van der Waals surface area contributed by atoms with Crippen molar-refractivity contribution in [1.29, 1.82) is 0 Å². The molecule has 0 amide bonds. The Bertz CT molecular complexity index is 709. The zero-order chi connectivity index (χ0) is 15.5. The SMILES string of the molecule is CC[C@@H](N)c1ccc(Oc2cccc(S(C)(=O)=O)c2)cc1. The third-order valence-electron chi connectivity index (χ3n) is 3.22. The van der Waals surface area contributed by atoms with Gasteiger partial charge in [0.1, 0.15) is 11.5 Å². The highest BCUT2D eigenvalue weighted by Gasteiger charge is 2.08. The molecule has 21 heavy (non-hydrogen) atoms. The molecule has 5 heteroatoms. The molecule has 0 fully saturated rings. The van der Waals surface area contributed by atoms with Crippen molar-refractivity contribution in [3.05, 3.63) is 54.1 Å². The van der Waals surface area contributed by atoms with Gasteiger partial charge in [-0.05, 0) is 42.3 Å². The first-order valence-electron chi connectivity index (χ1n) is 6.73. The third-order valence-corrected chi connectivity index (χ3v) is 4.33. The zero-order valence-electron chi connectivity index (χ0n) is 12.1. The Morgan fingerprint density at radius 2 is 1.76 bits per heavy atom. The first-order chi connectivity index (χ1) is 9.90. The Morgan fingerprint density at radius 1 is 1.10 bits per heavy atom. The molecule has 0 heterocycles. The molecular weight excluding hydrogens is 286 g/mol. The largest absolute Gasteiger partial charge is 0.457 e. The molecule has 0 bridgehead atoms. The summed E-state index contributed by atoms with van der Waals surface area (Å²) in [4.78, 5) is 0.240. The quantitative estimate of drug-likeness (QED) is 0.920. The standard InChI is InChI=1S/C16H19NO3S/c1-3-16(17)12-7-9-13(10-8-12)20-14-5-4-6-15(11-14)21(2,18)19/h4-11,16H,3,17H2,1-2H3/t16-/m1/s1. The fourth-order valence-corrected chi connectivity index (χ4v) is 2.58. The van der Waals surface area contributed by atoms with Crippen LogP contribution in [0.5, 0.6) is 11.5 Å². The number of sulfone groups is 1. The monoisotopic (exact) mass is 305 g/mol. The van der Waals surface area contributed by atoms with Gasteiger partial charge in [-0.2, -0.15) is 0 Å². The van der Waals surface area contributed by atoms with Crippen LogP contribution in [0.2, 0.25) is 0 Å². The van der Waals surface area contributed by atoms with Crippen molar-refractivity contribution in [3.8, 4) is 11.5 Å². The van der Waals surface area contributed by atoms with Crippen LogP contribution >= 0.6 is 0 Å². The lowest BCUT2D eigenvalue weighted by Crippen LogP contribution is -2.08. The Kier molecular flexibility index (Phi) is 4.65. The molecule has 2 N–H and O–H groups in total. The summed E-state index contributed by atoms with van der Waals surface area (Å²) in [6, 6.07) is 14.0. The van der Waals surface area contributed by atoms with Crippen LogP contribution in [0, 0.1) is 0 Å². The highest BCUT2D eigenvalue weighted by molar-refractivity contribution is 7.90. The van der Waals surface area contributed by atoms with Crippen molar-refractivity contribution in [1.82, 2.24) is 0 Å². The van der Waals surface area contributed by atoms with E-state index in [-0.39, 0.29) is 10.9 Å². The van der Waals surface area contributed by atoms with Gasteiger partial charge in [-0.25, -0.2) is 8.42 Å². The lowest BCUT2D eigenvalue weighted by atomic mass is 10.1. The lowest BCUT2D eigenvalue weighted by molar-refractivity contribution is 0.480. The van der Waals surface area contributed by atoms with Crippen LogP contribution < -0.4 is 10.5 Å². The summed E-state index contributed by atoms with van der Waals surface area (Å²) in [5.74, 6) is 1.14. The van der Waals surface area contributed by atoms with Crippen LogP contribution in [-0.2, 0) is 9.84 Å². The lowest BCUT2D eigenvalue weighted by Gasteiger charge is -2.11. The van der Waals surface area contributed by atoms with E-state index in [4.69, 9.17) is 10.5 Å². The minimum absolute atomic E-state index is 0.0209. The molecule has 0 aliphatic rings. The van der Waals surface area contributed by atoms with Crippen LogP contribution in [-0.4, -0.2) is 14.7 Å². The third kappa shape index (κ3) is 4.06. The topological polar surface area (TPSA) is 69.4 Å². The number of hydrogen-bond donors (Lipinski definition) is 1. The highest BCUT2D eigenvalue weighted by atomic mass is 32.2. The predicted molar refractivity (Wildman–Crippen MR) is 83.3 cm³/mol. The van der Waals surface area contributed by atoms with Crippen LogP contribution in [0.4, 0.5) is 0 Å². The molecule has 0 aliphatic heterocycles. The zero-order valence-corrected chi connectivity index (χ0v) is 12.9. The van der Waals surface area contributed by atoms with E-state index in [0.717, 1.165) is 12.0 Å². The average Bonchev–Trinajstić information content (AvgIpc) is 2.47. The predicted octanol–water partition coefficient (Wildman–Crippen LogP) is 3.29. The fourth-order valence-electron chi connectivity index (χ4n) is 1.92. The first kappa shape index (κ1) is 15.5. The smallest absolute Gasteiger partial charge is 0.175 e. The van der Waals surface area contributed by atoms with Gasteiger partial charge in [0.25, 0.3) is 0 Å². The summed E-state index contributed by atoms with van der Waals surface area (Å²) in [5, 5.41) is 0. The van der Waals surface area contributed by atoms with Gasteiger partial charge in [-0.1, -0.05) is 25.1 Å². The number of ether oxygens (including phenoxy) is 1. The van der Waals surface area contributed by atoms with E-state index in [1.807, 2.05) is 31.2 Å². The average molecular weight is 305 g/mol. The molecule has 1 atom stereocenters. The van der Waals surface area contributed by atoms with E-state index in [1.54, 1.807) is 18.2 Å². The van der Waals surface area contributed by atoms with Gasteiger partial charge < -0.3 is 10.5 Å². The first-order valence-corrected chi connectivity index (χ1v) is 8.63. The molecule has 0 saturated heterocycles. The molecule has 112 valence electrons. The van der Waals surface area contributed by atoms with Crippen molar-refractivity contribution < 1.29 is 13.2 Å². The van der Waals surface area contributed by atoms with Crippen LogP contribution in [0.3, 0.4) is 0 Å². The molecular formula is C16H19NO3S. The maximum atomic E-state index is 11.5. The molecule has 0 spiro atoms. The molecule has 0 unspecified atom stereocenters. The molecule has 2 aromatic rings.